The minimum absolute atomic E-state index is 0. The average molecular weight is 532 g/mol. The van der Waals surface area contributed by atoms with Crippen LogP contribution in [0.4, 0.5) is 0 Å². The van der Waals surface area contributed by atoms with Crippen molar-refractivity contribution in [2.75, 3.05) is 46.6 Å². The standard InChI is InChI=1S/C18H27Cl2N3O3.HI/c1-21-17(23-12-18(5-8-24)6-10-25-13-18)22-7-2-9-26-16-4-3-14(19)11-15(16)20;/h3-4,11,24H,2,5-10,12-13H2,1H3,(H2,21,22,23);1H. The van der Waals surface area contributed by atoms with Gasteiger partial charge in [-0.25, -0.2) is 0 Å². The fourth-order valence-electron chi connectivity index (χ4n) is 2.86. The van der Waals surface area contributed by atoms with E-state index in [1.165, 1.54) is 0 Å². The number of hydrogen-bond donors (Lipinski definition) is 3. The molecule has 2 rings (SSSR count). The van der Waals surface area contributed by atoms with Crippen molar-refractivity contribution >= 4 is 53.1 Å². The maximum Gasteiger partial charge on any atom is 0.191 e. The number of hydrogen-bond acceptors (Lipinski definition) is 4. The van der Waals surface area contributed by atoms with Crippen LogP contribution in [0.5, 0.6) is 5.75 Å². The fourth-order valence-corrected chi connectivity index (χ4v) is 3.32. The first-order valence-corrected chi connectivity index (χ1v) is 9.55. The van der Waals surface area contributed by atoms with Crippen LogP contribution in [0.15, 0.2) is 23.2 Å². The average Bonchev–Trinajstić information content (AvgIpc) is 3.08. The first-order chi connectivity index (χ1) is 12.6. The van der Waals surface area contributed by atoms with Gasteiger partial charge in [0.25, 0.3) is 0 Å². The van der Waals surface area contributed by atoms with Gasteiger partial charge in [-0.3, -0.25) is 4.99 Å². The predicted octanol–water partition coefficient (Wildman–Crippen LogP) is 3.33. The number of aliphatic hydroxyl groups excluding tert-OH is 1. The van der Waals surface area contributed by atoms with E-state index in [4.69, 9.17) is 32.7 Å². The third-order valence-electron chi connectivity index (χ3n) is 4.45. The maximum atomic E-state index is 9.28. The van der Waals surface area contributed by atoms with Crippen LogP contribution in [0.1, 0.15) is 19.3 Å². The molecule has 1 aliphatic rings. The van der Waals surface area contributed by atoms with E-state index in [1.54, 1.807) is 25.2 Å². The van der Waals surface area contributed by atoms with Crippen molar-refractivity contribution < 1.29 is 14.6 Å². The third-order valence-corrected chi connectivity index (χ3v) is 4.98. The Balaban J connectivity index is 0.00000364. The van der Waals surface area contributed by atoms with Gasteiger partial charge in [0.05, 0.1) is 18.2 Å². The number of nitrogens with one attached hydrogen (secondary N) is 2. The summed E-state index contributed by atoms with van der Waals surface area (Å²) in [4.78, 5) is 4.23. The quantitative estimate of drug-likeness (QED) is 0.197. The van der Waals surface area contributed by atoms with Gasteiger partial charge in [-0.15, -0.1) is 24.0 Å². The Morgan fingerprint density at radius 3 is 2.81 bits per heavy atom. The molecular formula is C18H28Cl2IN3O3. The molecule has 1 aromatic rings. The lowest BCUT2D eigenvalue weighted by molar-refractivity contribution is 0.127. The molecule has 0 bridgehead atoms. The highest BCUT2D eigenvalue weighted by molar-refractivity contribution is 14.0. The second-order valence-electron chi connectivity index (χ2n) is 6.41. The molecule has 1 aliphatic heterocycles. The summed E-state index contributed by atoms with van der Waals surface area (Å²) in [6.45, 7) is 3.57. The topological polar surface area (TPSA) is 75.1 Å². The SMILES string of the molecule is CN=C(NCCCOc1ccc(Cl)cc1Cl)NCC1(CCO)CCOC1.I. The van der Waals surface area contributed by atoms with Crippen molar-refractivity contribution in [3.8, 4) is 5.75 Å². The highest BCUT2D eigenvalue weighted by atomic mass is 127. The van der Waals surface area contributed by atoms with Crippen molar-refractivity contribution in [1.29, 1.82) is 0 Å². The number of halogens is 3. The van der Waals surface area contributed by atoms with Crippen LogP contribution in [-0.2, 0) is 4.74 Å². The van der Waals surface area contributed by atoms with Gasteiger partial charge in [0.1, 0.15) is 5.75 Å². The third kappa shape index (κ3) is 8.19. The van der Waals surface area contributed by atoms with Gasteiger partial charge in [-0.1, -0.05) is 23.2 Å². The second-order valence-corrected chi connectivity index (χ2v) is 7.25. The van der Waals surface area contributed by atoms with E-state index in [1.807, 2.05) is 0 Å². The minimum Gasteiger partial charge on any atom is -0.492 e. The second kappa shape index (κ2) is 12.9. The summed E-state index contributed by atoms with van der Waals surface area (Å²) in [6.07, 6.45) is 2.48. The zero-order valence-electron chi connectivity index (χ0n) is 15.5. The molecule has 0 aliphatic carbocycles. The molecule has 1 fully saturated rings. The highest BCUT2D eigenvalue weighted by Crippen LogP contribution is 2.31. The van der Waals surface area contributed by atoms with Crippen molar-refractivity contribution in [1.82, 2.24) is 10.6 Å². The fraction of sp³-hybridized carbons (Fsp3) is 0.611. The largest absolute Gasteiger partial charge is 0.492 e. The summed E-state index contributed by atoms with van der Waals surface area (Å²) in [6, 6.07) is 5.18. The van der Waals surface area contributed by atoms with E-state index in [-0.39, 0.29) is 36.0 Å². The Kier molecular flexibility index (Phi) is 11.7. The number of ether oxygens (including phenoxy) is 2. The van der Waals surface area contributed by atoms with E-state index in [9.17, 15) is 5.11 Å². The number of aliphatic imine (C=N–C) groups is 1. The van der Waals surface area contributed by atoms with Crippen LogP contribution in [0.3, 0.4) is 0 Å². The Labute approximate surface area is 188 Å². The Bertz CT molecular complexity index is 599. The van der Waals surface area contributed by atoms with Crippen molar-refractivity contribution in [3.05, 3.63) is 28.2 Å². The summed E-state index contributed by atoms with van der Waals surface area (Å²) < 4.78 is 11.2. The van der Waals surface area contributed by atoms with E-state index >= 15 is 0 Å². The molecule has 1 aromatic carbocycles. The molecule has 1 unspecified atom stereocenters. The van der Waals surface area contributed by atoms with Crippen LogP contribution >= 0.6 is 47.2 Å². The summed E-state index contributed by atoms with van der Waals surface area (Å²) >= 11 is 11.9. The van der Waals surface area contributed by atoms with Gasteiger partial charge in [0.2, 0.25) is 0 Å². The van der Waals surface area contributed by atoms with Crippen LogP contribution in [0.25, 0.3) is 0 Å². The number of guanidine groups is 1. The van der Waals surface area contributed by atoms with Crippen LogP contribution in [0, 0.1) is 5.41 Å². The molecule has 9 heteroatoms. The predicted molar refractivity (Wildman–Crippen MR) is 121 cm³/mol. The summed E-state index contributed by atoms with van der Waals surface area (Å²) in [5.41, 5.74) is -0.0131. The summed E-state index contributed by atoms with van der Waals surface area (Å²) in [5, 5.41) is 17.0. The molecule has 0 saturated carbocycles. The van der Waals surface area contributed by atoms with Crippen LogP contribution < -0.4 is 15.4 Å². The summed E-state index contributed by atoms with van der Waals surface area (Å²) in [7, 11) is 1.74. The monoisotopic (exact) mass is 531 g/mol. The molecule has 1 saturated heterocycles. The molecule has 3 N–H and O–H groups in total. The molecule has 0 amide bonds. The van der Waals surface area contributed by atoms with Crippen LogP contribution in [0.2, 0.25) is 10.0 Å². The zero-order valence-corrected chi connectivity index (χ0v) is 19.3. The number of aliphatic hydroxyl groups is 1. The van der Waals surface area contributed by atoms with Crippen LogP contribution in [-0.4, -0.2) is 57.6 Å². The molecule has 1 atom stereocenters. The lowest BCUT2D eigenvalue weighted by Gasteiger charge is -2.27. The van der Waals surface area contributed by atoms with Gasteiger partial charge in [-0.05, 0) is 37.5 Å². The molecular weight excluding hydrogens is 504 g/mol. The van der Waals surface area contributed by atoms with E-state index in [0.29, 0.717) is 35.6 Å². The number of nitrogens with zero attached hydrogens (tertiary/aromatic N) is 1. The zero-order chi connectivity index (χ0) is 18.8. The first-order valence-electron chi connectivity index (χ1n) is 8.79. The minimum atomic E-state index is -0.0131. The molecule has 6 nitrogen and oxygen atoms in total. The highest BCUT2D eigenvalue weighted by Gasteiger charge is 2.34. The molecule has 154 valence electrons. The van der Waals surface area contributed by atoms with Gasteiger partial charge in [0.15, 0.2) is 5.96 Å². The molecule has 0 radical (unpaired) electrons. The molecule has 1 heterocycles. The number of benzene rings is 1. The van der Waals surface area contributed by atoms with E-state index in [2.05, 4.69) is 15.6 Å². The summed E-state index contributed by atoms with van der Waals surface area (Å²) in [5.74, 6) is 1.37. The molecule has 0 aromatic heterocycles. The van der Waals surface area contributed by atoms with Gasteiger partial charge < -0.3 is 25.2 Å². The van der Waals surface area contributed by atoms with Crippen molar-refractivity contribution in [3.63, 3.8) is 0 Å². The van der Waals surface area contributed by atoms with Gasteiger partial charge in [0, 0.05) is 43.8 Å². The number of rotatable bonds is 9. The smallest absolute Gasteiger partial charge is 0.191 e. The Morgan fingerprint density at radius 1 is 1.37 bits per heavy atom. The Morgan fingerprint density at radius 2 is 2.19 bits per heavy atom. The normalized spacial score (nSPS) is 19.5. The molecule has 0 spiro atoms. The van der Waals surface area contributed by atoms with Gasteiger partial charge in [-0.2, -0.15) is 0 Å². The Hall–Kier alpha value is -0.480. The van der Waals surface area contributed by atoms with Crippen molar-refractivity contribution in [2.45, 2.75) is 19.3 Å². The van der Waals surface area contributed by atoms with E-state index < -0.39 is 0 Å². The maximum absolute atomic E-state index is 9.28. The molecule has 27 heavy (non-hydrogen) atoms. The lowest BCUT2D eigenvalue weighted by atomic mass is 9.84. The van der Waals surface area contributed by atoms with Gasteiger partial charge >= 0.3 is 0 Å². The lowest BCUT2D eigenvalue weighted by Crippen LogP contribution is -2.44. The van der Waals surface area contributed by atoms with Crippen molar-refractivity contribution in [2.24, 2.45) is 10.4 Å². The first kappa shape index (κ1) is 24.6. The van der Waals surface area contributed by atoms with E-state index in [0.717, 1.165) is 38.4 Å².